The molecule has 1 aromatic heterocycles. The minimum absolute atomic E-state index is 0.791. The topological polar surface area (TPSA) is 28.4 Å². The number of furan rings is 1. The van der Waals surface area contributed by atoms with Crippen molar-refractivity contribution in [3.8, 4) is 0 Å². The van der Waals surface area contributed by atoms with Gasteiger partial charge in [-0.1, -0.05) is 25.1 Å². The van der Waals surface area contributed by atoms with E-state index in [1.807, 2.05) is 6.92 Å². The van der Waals surface area contributed by atoms with Crippen molar-refractivity contribution in [2.75, 3.05) is 18.5 Å². The molecule has 1 N–H and O–H groups in total. The first kappa shape index (κ1) is 15.6. The second-order valence-corrected chi connectivity index (χ2v) is 5.61. The summed E-state index contributed by atoms with van der Waals surface area (Å²) >= 11 is 0. The summed E-state index contributed by atoms with van der Waals surface area (Å²) in [6.07, 6.45) is 1.15. The molecule has 0 aliphatic rings. The zero-order valence-corrected chi connectivity index (χ0v) is 13.6. The molecule has 114 valence electrons. The van der Waals surface area contributed by atoms with Gasteiger partial charge >= 0.3 is 0 Å². The van der Waals surface area contributed by atoms with Gasteiger partial charge in [0, 0.05) is 24.8 Å². The summed E-state index contributed by atoms with van der Waals surface area (Å²) in [6.45, 7) is 9.08. The van der Waals surface area contributed by atoms with Gasteiger partial charge in [-0.3, -0.25) is 0 Å². The number of hydrogen-bond acceptors (Lipinski definition) is 3. The van der Waals surface area contributed by atoms with Gasteiger partial charge in [0.2, 0.25) is 0 Å². The van der Waals surface area contributed by atoms with Gasteiger partial charge < -0.3 is 14.6 Å². The van der Waals surface area contributed by atoms with Crippen LogP contribution in [0.25, 0.3) is 0 Å². The highest BCUT2D eigenvalue weighted by Gasteiger charge is 2.10. The first-order valence-electron chi connectivity index (χ1n) is 7.67. The smallest absolute Gasteiger partial charge is 0.123 e. The van der Waals surface area contributed by atoms with Crippen LogP contribution in [-0.4, -0.2) is 13.6 Å². The van der Waals surface area contributed by atoms with Gasteiger partial charge in [0.1, 0.15) is 11.5 Å². The fraction of sp³-hybridized carbons (Fsp3) is 0.444. The number of aryl methyl sites for hydroxylation is 2. The normalized spacial score (nSPS) is 10.9. The zero-order valence-electron chi connectivity index (χ0n) is 13.6. The summed E-state index contributed by atoms with van der Waals surface area (Å²) in [7, 11) is 2.11. The lowest BCUT2D eigenvalue weighted by atomic mass is 10.2. The van der Waals surface area contributed by atoms with Gasteiger partial charge in [-0.2, -0.15) is 0 Å². The molecule has 0 saturated carbocycles. The maximum absolute atomic E-state index is 5.90. The van der Waals surface area contributed by atoms with Gasteiger partial charge in [0.05, 0.1) is 6.54 Å². The molecule has 21 heavy (non-hydrogen) atoms. The van der Waals surface area contributed by atoms with Gasteiger partial charge in [-0.05, 0) is 44.5 Å². The van der Waals surface area contributed by atoms with Crippen molar-refractivity contribution < 1.29 is 4.42 Å². The lowest BCUT2D eigenvalue weighted by molar-refractivity contribution is 0.477. The fourth-order valence-corrected chi connectivity index (χ4v) is 2.55. The molecule has 1 heterocycles. The first-order valence-corrected chi connectivity index (χ1v) is 7.67. The lowest BCUT2D eigenvalue weighted by Crippen LogP contribution is -2.17. The highest BCUT2D eigenvalue weighted by molar-refractivity contribution is 5.52. The number of nitrogens with zero attached hydrogens (tertiary/aromatic N) is 1. The van der Waals surface area contributed by atoms with Crippen molar-refractivity contribution in [3.05, 3.63) is 53.0 Å². The van der Waals surface area contributed by atoms with Crippen LogP contribution in [0.2, 0.25) is 0 Å². The molecule has 0 aliphatic heterocycles. The number of rotatable bonds is 7. The minimum atomic E-state index is 0.791. The van der Waals surface area contributed by atoms with E-state index in [1.54, 1.807) is 0 Å². The standard InChI is InChI=1S/C18H26N2O/c1-5-10-19-12-16-11-17(21-15(16)3)13-20(4)18-9-7-6-8-14(18)2/h6-9,11,19H,5,10,12-13H2,1-4H3. The third-order valence-corrected chi connectivity index (χ3v) is 3.73. The van der Waals surface area contributed by atoms with E-state index in [0.717, 1.165) is 37.6 Å². The molecule has 0 saturated heterocycles. The van der Waals surface area contributed by atoms with Gasteiger partial charge in [0.15, 0.2) is 0 Å². The second kappa shape index (κ2) is 7.32. The first-order chi connectivity index (χ1) is 10.1. The van der Waals surface area contributed by atoms with E-state index in [-0.39, 0.29) is 0 Å². The van der Waals surface area contributed by atoms with E-state index < -0.39 is 0 Å². The van der Waals surface area contributed by atoms with E-state index >= 15 is 0 Å². The predicted molar refractivity (Wildman–Crippen MR) is 88.7 cm³/mol. The molecule has 0 amide bonds. The van der Waals surface area contributed by atoms with Crippen LogP contribution >= 0.6 is 0 Å². The fourth-order valence-electron chi connectivity index (χ4n) is 2.55. The third-order valence-electron chi connectivity index (χ3n) is 3.73. The Hall–Kier alpha value is -1.74. The molecule has 0 fully saturated rings. The Labute approximate surface area is 128 Å². The maximum Gasteiger partial charge on any atom is 0.123 e. The molecule has 3 heteroatoms. The molecule has 2 rings (SSSR count). The van der Waals surface area contributed by atoms with Crippen LogP contribution < -0.4 is 10.2 Å². The Balaban J connectivity index is 2.03. The SMILES string of the molecule is CCCNCc1cc(CN(C)c2ccccc2C)oc1C. The quantitative estimate of drug-likeness (QED) is 0.779. The van der Waals surface area contributed by atoms with Crippen LogP contribution in [0.15, 0.2) is 34.7 Å². The number of nitrogens with one attached hydrogen (secondary N) is 1. The highest BCUT2D eigenvalue weighted by Crippen LogP contribution is 2.22. The van der Waals surface area contributed by atoms with Gasteiger partial charge in [-0.15, -0.1) is 0 Å². The van der Waals surface area contributed by atoms with Crippen LogP contribution in [0.3, 0.4) is 0 Å². The summed E-state index contributed by atoms with van der Waals surface area (Å²) < 4.78 is 5.90. The van der Waals surface area contributed by atoms with Crippen molar-refractivity contribution in [1.29, 1.82) is 0 Å². The Morgan fingerprint density at radius 2 is 1.95 bits per heavy atom. The zero-order chi connectivity index (χ0) is 15.2. The maximum atomic E-state index is 5.90. The van der Waals surface area contributed by atoms with E-state index in [0.29, 0.717) is 0 Å². The Bertz CT molecular complexity index is 574. The van der Waals surface area contributed by atoms with E-state index in [2.05, 4.69) is 61.4 Å². The molecule has 0 radical (unpaired) electrons. The minimum Gasteiger partial charge on any atom is -0.464 e. The van der Waals surface area contributed by atoms with Crippen molar-refractivity contribution in [3.63, 3.8) is 0 Å². The van der Waals surface area contributed by atoms with Crippen molar-refractivity contribution in [1.82, 2.24) is 5.32 Å². The van der Waals surface area contributed by atoms with Gasteiger partial charge in [0.25, 0.3) is 0 Å². The average Bonchev–Trinajstić information content (AvgIpc) is 2.79. The predicted octanol–water partition coefficient (Wildman–Crippen LogP) is 4.03. The molecule has 0 unspecified atom stereocenters. The second-order valence-electron chi connectivity index (χ2n) is 5.61. The summed E-state index contributed by atoms with van der Waals surface area (Å²) in [5.41, 5.74) is 3.79. The largest absolute Gasteiger partial charge is 0.464 e. The summed E-state index contributed by atoms with van der Waals surface area (Å²) in [6, 6.07) is 10.6. The number of benzene rings is 1. The monoisotopic (exact) mass is 286 g/mol. The Kier molecular flexibility index (Phi) is 5.45. The van der Waals surface area contributed by atoms with Crippen LogP contribution in [0, 0.1) is 13.8 Å². The van der Waals surface area contributed by atoms with Crippen molar-refractivity contribution in [2.24, 2.45) is 0 Å². The number of anilines is 1. The van der Waals surface area contributed by atoms with Gasteiger partial charge in [-0.25, -0.2) is 0 Å². The molecule has 3 nitrogen and oxygen atoms in total. The number of para-hydroxylation sites is 1. The molecule has 0 bridgehead atoms. The van der Waals surface area contributed by atoms with Crippen LogP contribution in [0.5, 0.6) is 0 Å². The molecule has 0 aliphatic carbocycles. The third kappa shape index (κ3) is 4.11. The van der Waals surface area contributed by atoms with E-state index in [4.69, 9.17) is 4.42 Å². The average molecular weight is 286 g/mol. The van der Waals surface area contributed by atoms with Crippen LogP contribution in [0.1, 0.15) is 36.0 Å². The van der Waals surface area contributed by atoms with Crippen LogP contribution in [-0.2, 0) is 13.1 Å². The number of hydrogen-bond donors (Lipinski definition) is 1. The summed E-state index contributed by atoms with van der Waals surface area (Å²) in [4.78, 5) is 2.23. The summed E-state index contributed by atoms with van der Waals surface area (Å²) in [5.74, 6) is 2.04. The molecule has 2 aromatic rings. The molecular weight excluding hydrogens is 260 g/mol. The van der Waals surface area contributed by atoms with E-state index in [9.17, 15) is 0 Å². The molecular formula is C18H26N2O. The van der Waals surface area contributed by atoms with Crippen LogP contribution in [0.4, 0.5) is 5.69 Å². The molecule has 0 spiro atoms. The Morgan fingerprint density at radius 1 is 1.19 bits per heavy atom. The Morgan fingerprint density at radius 3 is 2.67 bits per heavy atom. The lowest BCUT2D eigenvalue weighted by Gasteiger charge is -2.20. The molecule has 0 atom stereocenters. The van der Waals surface area contributed by atoms with Crippen molar-refractivity contribution >= 4 is 5.69 Å². The highest BCUT2D eigenvalue weighted by atomic mass is 16.3. The van der Waals surface area contributed by atoms with Crippen molar-refractivity contribution in [2.45, 2.75) is 40.3 Å². The van der Waals surface area contributed by atoms with E-state index in [1.165, 1.54) is 16.8 Å². The molecule has 1 aromatic carbocycles. The summed E-state index contributed by atoms with van der Waals surface area (Å²) in [5, 5.41) is 3.43.